The van der Waals surface area contributed by atoms with Crippen LogP contribution in [0.4, 0.5) is 17.6 Å². The van der Waals surface area contributed by atoms with Crippen molar-refractivity contribution < 1.29 is 47.8 Å². The van der Waals surface area contributed by atoms with Crippen LogP contribution in [0.1, 0.15) is 22.8 Å². The molecule has 1 aliphatic rings. The highest BCUT2D eigenvalue weighted by atomic mass is 19.4. The third-order valence-electron chi connectivity index (χ3n) is 5.39. The van der Waals surface area contributed by atoms with Crippen LogP contribution in [0.25, 0.3) is 11.1 Å². The first-order valence-electron chi connectivity index (χ1n) is 9.41. The molecule has 1 heterocycles. The molecule has 0 bridgehead atoms. The molecule has 31 heavy (non-hydrogen) atoms. The lowest BCUT2D eigenvalue weighted by molar-refractivity contribution is -0.250. The molecule has 0 aromatic heterocycles. The van der Waals surface area contributed by atoms with E-state index in [0.717, 1.165) is 12.1 Å². The summed E-state index contributed by atoms with van der Waals surface area (Å²) in [7, 11) is 0. The lowest BCUT2D eigenvalue weighted by Crippen LogP contribution is -2.59. The molecule has 6 nitrogen and oxygen atoms in total. The molecular weight excluding hydrogens is 424 g/mol. The van der Waals surface area contributed by atoms with Gasteiger partial charge in [0.2, 0.25) is 0 Å². The summed E-state index contributed by atoms with van der Waals surface area (Å²) in [4.78, 5) is 0. The zero-order valence-corrected chi connectivity index (χ0v) is 16.3. The Kier molecular flexibility index (Phi) is 6.70. The molecule has 10 heteroatoms. The van der Waals surface area contributed by atoms with Gasteiger partial charge < -0.3 is 30.3 Å². The van der Waals surface area contributed by atoms with Crippen molar-refractivity contribution in [3.05, 3.63) is 58.9 Å². The van der Waals surface area contributed by atoms with E-state index in [1.165, 1.54) is 18.2 Å². The number of hydrogen-bond acceptors (Lipinski definition) is 6. The van der Waals surface area contributed by atoms with Crippen molar-refractivity contribution in [2.45, 2.75) is 49.7 Å². The number of ether oxygens (including phenoxy) is 1. The van der Waals surface area contributed by atoms with Gasteiger partial charge in [0.05, 0.1) is 12.2 Å². The number of aliphatic hydroxyl groups excluding tert-OH is 5. The molecule has 0 aliphatic carbocycles. The van der Waals surface area contributed by atoms with Crippen molar-refractivity contribution in [3.8, 4) is 11.1 Å². The molecule has 5 N–H and O–H groups in total. The number of halogens is 4. The summed E-state index contributed by atoms with van der Waals surface area (Å²) in [5.74, 6) is -1.05. The molecule has 0 spiro atoms. The standard InChI is InChI=1S/C21H22F4O6/c1-9-4-10(11-5-12(21(23,24)25)7-13(22)6-11)2-3-14(9)16(27)20-19(30)18(29)17(28)15(8-26)31-20/h2-7,15-20,26-30H,8H2,1H3/t15?,16-,17-,18+,19?,20-/m1/s1. The van der Waals surface area contributed by atoms with E-state index in [9.17, 15) is 43.1 Å². The average Bonchev–Trinajstić information content (AvgIpc) is 2.70. The summed E-state index contributed by atoms with van der Waals surface area (Å²) in [6.45, 7) is 0.892. The van der Waals surface area contributed by atoms with Crippen LogP contribution in [0.5, 0.6) is 0 Å². The largest absolute Gasteiger partial charge is 0.416 e. The van der Waals surface area contributed by atoms with Crippen molar-refractivity contribution >= 4 is 0 Å². The van der Waals surface area contributed by atoms with Crippen LogP contribution in [-0.4, -0.2) is 62.7 Å². The molecule has 3 rings (SSSR count). The van der Waals surface area contributed by atoms with E-state index in [4.69, 9.17) is 4.74 Å². The average molecular weight is 446 g/mol. The van der Waals surface area contributed by atoms with Crippen LogP contribution < -0.4 is 0 Å². The van der Waals surface area contributed by atoms with Crippen LogP contribution in [0.15, 0.2) is 36.4 Å². The van der Waals surface area contributed by atoms with Gasteiger partial charge in [-0.2, -0.15) is 13.2 Å². The zero-order valence-electron chi connectivity index (χ0n) is 16.3. The zero-order chi connectivity index (χ0) is 23.1. The minimum atomic E-state index is -4.72. The van der Waals surface area contributed by atoms with Crippen LogP contribution in [-0.2, 0) is 10.9 Å². The predicted octanol–water partition coefficient (Wildman–Crippen LogP) is 1.70. The summed E-state index contributed by atoms with van der Waals surface area (Å²) in [5.41, 5.74) is -0.234. The summed E-state index contributed by atoms with van der Waals surface area (Å²) in [5, 5.41) is 49.9. The first-order valence-corrected chi connectivity index (χ1v) is 9.41. The third kappa shape index (κ3) is 4.74. The number of benzene rings is 2. The van der Waals surface area contributed by atoms with Crippen molar-refractivity contribution in [2.24, 2.45) is 0 Å². The topological polar surface area (TPSA) is 110 Å². The molecule has 2 unspecified atom stereocenters. The number of aliphatic hydroxyl groups is 5. The minimum Gasteiger partial charge on any atom is -0.394 e. The normalized spacial score (nSPS) is 27.9. The van der Waals surface area contributed by atoms with Gasteiger partial charge in [-0.15, -0.1) is 0 Å². The number of alkyl halides is 3. The van der Waals surface area contributed by atoms with Crippen LogP contribution >= 0.6 is 0 Å². The quantitative estimate of drug-likeness (QED) is 0.458. The van der Waals surface area contributed by atoms with Gasteiger partial charge in [-0.25, -0.2) is 4.39 Å². The third-order valence-corrected chi connectivity index (χ3v) is 5.39. The fraction of sp³-hybridized carbons (Fsp3) is 0.429. The lowest BCUT2D eigenvalue weighted by Gasteiger charge is -2.42. The second-order valence-corrected chi connectivity index (χ2v) is 7.54. The summed E-state index contributed by atoms with van der Waals surface area (Å²) in [6, 6.07) is 6.37. The van der Waals surface area contributed by atoms with Gasteiger partial charge in [0.25, 0.3) is 0 Å². The Labute approximate surface area is 175 Å². The number of hydrogen-bond donors (Lipinski definition) is 5. The molecule has 2 aromatic carbocycles. The van der Waals surface area contributed by atoms with Crippen molar-refractivity contribution in [2.75, 3.05) is 6.61 Å². The van der Waals surface area contributed by atoms with Crippen molar-refractivity contribution in [3.63, 3.8) is 0 Å². The second-order valence-electron chi connectivity index (χ2n) is 7.54. The molecule has 0 radical (unpaired) electrons. The summed E-state index contributed by atoms with van der Waals surface area (Å²) >= 11 is 0. The van der Waals surface area contributed by atoms with E-state index in [1.807, 2.05) is 0 Å². The molecule has 1 aliphatic heterocycles. The lowest BCUT2D eigenvalue weighted by atomic mass is 9.87. The van der Waals surface area contributed by atoms with Gasteiger partial charge in [-0.3, -0.25) is 0 Å². The van der Waals surface area contributed by atoms with Gasteiger partial charge in [-0.05, 0) is 47.4 Å². The van der Waals surface area contributed by atoms with Crippen LogP contribution in [0.3, 0.4) is 0 Å². The second kappa shape index (κ2) is 8.81. The monoisotopic (exact) mass is 446 g/mol. The van der Waals surface area contributed by atoms with E-state index in [1.54, 1.807) is 6.92 Å². The van der Waals surface area contributed by atoms with E-state index in [-0.39, 0.29) is 16.7 Å². The maximum absolute atomic E-state index is 13.7. The summed E-state index contributed by atoms with van der Waals surface area (Å²) in [6.07, 6.45) is -13.7. The van der Waals surface area contributed by atoms with E-state index in [2.05, 4.69) is 0 Å². The molecular formula is C21H22F4O6. The predicted molar refractivity (Wildman–Crippen MR) is 100 cm³/mol. The van der Waals surface area contributed by atoms with Crippen LogP contribution in [0, 0.1) is 12.7 Å². The molecule has 170 valence electrons. The Morgan fingerprint density at radius 3 is 2.23 bits per heavy atom. The SMILES string of the molecule is Cc1cc(-c2cc(F)cc(C(F)(F)F)c2)ccc1[C@@H](O)[C@H]1OC(CO)[C@@H](O)[C@H](O)C1O. The Hall–Kier alpha value is -2.08. The molecule has 1 saturated heterocycles. The maximum atomic E-state index is 13.7. The van der Waals surface area contributed by atoms with Gasteiger partial charge >= 0.3 is 6.18 Å². The Bertz CT molecular complexity index is 933. The number of aryl methyl sites for hydroxylation is 1. The first-order chi connectivity index (χ1) is 14.4. The molecule has 1 fully saturated rings. The Balaban J connectivity index is 1.92. The number of rotatable bonds is 4. The Morgan fingerprint density at radius 1 is 0.968 bits per heavy atom. The Morgan fingerprint density at radius 2 is 1.65 bits per heavy atom. The fourth-order valence-electron chi connectivity index (χ4n) is 3.68. The maximum Gasteiger partial charge on any atom is 0.416 e. The van der Waals surface area contributed by atoms with Gasteiger partial charge in [-0.1, -0.05) is 18.2 Å². The van der Waals surface area contributed by atoms with Crippen molar-refractivity contribution in [1.29, 1.82) is 0 Å². The highest BCUT2D eigenvalue weighted by molar-refractivity contribution is 5.66. The van der Waals surface area contributed by atoms with Crippen molar-refractivity contribution in [1.82, 2.24) is 0 Å². The first kappa shape index (κ1) is 23.6. The van der Waals surface area contributed by atoms with E-state index < -0.39 is 60.8 Å². The molecule has 2 aromatic rings. The molecule has 0 amide bonds. The molecule has 0 saturated carbocycles. The minimum absolute atomic E-state index is 0.00990. The fourth-order valence-corrected chi connectivity index (χ4v) is 3.68. The van der Waals surface area contributed by atoms with E-state index in [0.29, 0.717) is 11.6 Å². The smallest absolute Gasteiger partial charge is 0.394 e. The van der Waals surface area contributed by atoms with E-state index >= 15 is 0 Å². The summed E-state index contributed by atoms with van der Waals surface area (Å²) < 4.78 is 58.0. The molecule has 6 atom stereocenters. The van der Waals surface area contributed by atoms with Gasteiger partial charge in [0.15, 0.2) is 0 Å². The van der Waals surface area contributed by atoms with Gasteiger partial charge in [0.1, 0.15) is 42.4 Å². The highest BCUT2D eigenvalue weighted by Crippen LogP contribution is 2.36. The highest BCUT2D eigenvalue weighted by Gasteiger charge is 2.46. The van der Waals surface area contributed by atoms with Crippen LogP contribution in [0.2, 0.25) is 0 Å². The van der Waals surface area contributed by atoms with Gasteiger partial charge in [0, 0.05) is 0 Å².